The molecule has 136 valence electrons. The summed E-state index contributed by atoms with van der Waals surface area (Å²) in [6.07, 6.45) is 3.53. The Labute approximate surface area is 159 Å². The molecule has 0 bridgehead atoms. The van der Waals surface area contributed by atoms with Crippen LogP contribution in [0.1, 0.15) is 5.56 Å². The number of benzene rings is 2. The Bertz CT molecular complexity index is 1130. The highest BCUT2D eigenvalue weighted by Gasteiger charge is 2.12. The van der Waals surface area contributed by atoms with Crippen LogP contribution in [-0.4, -0.2) is 29.6 Å². The van der Waals surface area contributed by atoms with Gasteiger partial charge in [-0.3, -0.25) is 0 Å². The highest BCUT2D eigenvalue weighted by atomic mass is 35.5. The fourth-order valence-corrected chi connectivity index (χ4v) is 2.86. The molecule has 0 aliphatic carbocycles. The lowest BCUT2D eigenvalue weighted by molar-refractivity contribution is 0.305. The number of nitrogens with zero attached hydrogens (tertiary/aromatic N) is 6. The molecular weight excluding hydrogens is 368 g/mol. The second-order valence-corrected chi connectivity index (χ2v) is 6.19. The monoisotopic (exact) mass is 382 g/mol. The number of tetrazole rings is 1. The molecule has 2 heterocycles. The van der Waals surface area contributed by atoms with Gasteiger partial charge in [0.15, 0.2) is 0 Å². The first-order valence-corrected chi connectivity index (χ1v) is 8.51. The molecule has 0 saturated carbocycles. The topological polar surface area (TPSA) is 79.8 Å². The Hall–Kier alpha value is -3.39. The first kappa shape index (κ1) is 17.0. The average molecular weight is 383 g/mol. The molecule has 9 heteroatoms. The van der Waals surface area contributed by atoms with Gasteiger partial charge in [0.1, 0.15) is 12.4 Å². The lowest BCUT2D eigenvalue weighted by Crippen LogP contribution is -2.23. The molecule has 0 radical (unpaired) electrons. The maximum absolute atomic E-state index is 12.1. The summed E-state index contributed by atoms with van der Waals surface area (Å²) in [6, 6.07) is 14.6. The third-order valence-electron chi connectivity index (χ3n) is 4.01. The van der Waals surface area contributed by atoms with Crippen LogP contribution >= 0.6 is 11.6 Å². The zero-order chi connectivity index (χ0) is 18.8. The fraction of sp³-hybridized carbons (Fsp3) is 0.111. The molecule has 2 aromatic heterocycles. The van der Waals surface area contributed by atoms with Crippen molar-refractivity contribution in [2.24, 2.45) is 7.05 Å². The molecule has 4 rings (SSSR count). The van der Waals surface area contributed by atoms with Gasteiger partial charge in [-0.15, -0.1) is 0 Å². The van der Waals surface area contributed by atoms with Crippen molar-refractivity contribution in [1.29, 1.82) is 0 Å². The largest absolute Gasteiger partial charge is 0.487 e. The Morgan fingerprint density at radius 1 is 1.11 bits per heavy atom. The van der Waals surface area contributed by atoms with Gasteiger partial charge in [0.25, 0.3) is 0 Å². The van der Waals surface area contributed by atoms with E-state index in [2.05, 4.69) is 15.5 Å². The molecule has 0 saturated heterocycles. The summed E-state index contributed by atoms with van der Waals surface area (Å²) in [5.74, 6) is 0.536. The van der Waals surface area contributed by atoms with Gasteiger partial charge in [0.2, 0.25) is 0 Å². The molecule has 0 N–H and O–H groups in total. The minimum atomic E-state index is -0.330. The average Bonchev–Trinajstić information content (AvgIpc) is 3.32. The second kappa shape index (κ2) is 7.08. The lowest BCUT2D eigenvalue weighted by atomic mass is 10.2. The van der Waals surface area contributed by atoms with Crippen LogP contribution in [0.2, 0.25) is 5.02 Å². The number of ether oxygens (including phenoxy) is 1. The summed E-state index contributed by atoms with van der Waals surface area (Å²) in [5.41, 5.74) is 1.90. The van der Waals surface area contributed by atoms with E-state index in [0.29, 0.717) is 16.5 Å². The number of aryl methyl sites for hydroxylation is 1. The van der Waals surface area contributed by atoms with Gasteiger partial charge >= 0.3 is 5.69 Å². The molecule has 0 spiro atoms. The highest BCUT2D eigenvalue weighted by molar-refractivity contribution is 6.32. The van der Waals surface area contributed by atoms with Crippen LogP contribution in [0.5, 0.6) is 5.75 Å². The van der Waals surface area contributed by atoms with Crippen LogP contribution in [0.3, 0.4) is 0 Å². The van der Waals surface area contributed by atoms with Gasteiger partial charge in [-0.05, 0) is 40.8 Å². The van der Waals surface area contributed by atoms with E-state index in [9.17, 15) is 4.79 Å². The number of hydrogen-bond donors (Lipinski definition) is 0. The molecule has 0 amide bonds. The maximum Gasteiger partial charge on any atom is 0.368 e. The lowest BCUT2D eigenvalue weighted by Gasteiger charge is -2.12. The molecule has 8 nitrogen and oxygen atoms in total. The summed E-state index contributed by atoms with van der Waals surface area (Å²) in [4.78, 5) is 12.1. The molecule has 0 aliphatic heterocycles. The predicted molar refractivity (Wildman–Crippen MR) is 99.5 cm³/mol. The molecule has 0 atom stereocenters. The smallest absolute Gasteiger partial charge is 0.368 e. The first-order chi connectivity index (χ1) is 13.1. The van der Waals surface area contributed by atoms with E-state index in [1.165, 1.54) is 9.36 Å². The number of para-hydroxylation sites is 1. The number of aromatic nitrogens is 6. The minimum absolute atomic E-state index is 0.222. The Morgan fingerprint density at radius 2 is 1.96 bits per heavy atom. The normalized spacial score (nSPS) is 10.9. The van der Waals surface area contributed by atoms with Crippen LogP contribution < -0.4 is 10.4 Å². The van der Waals surface area contributed by atoms with E-state index in [4.69, 9.17) is 16.3 Å². The van der Waals surface area contributed by atoms with Gasteiger partial charge in [-0.25, -0.2) is 9.48 Å². The third-order valence-corrected chi connectivity index (χ3v) is 4.30. The number of hydrogen-bond acceptors (Lipinski definition) is 5. The molecule has 2 aromatic carbocycles. The summed E-state index contributed by atoms with van der Waals surface area (Å²) in [5, 5.41) is 12.3. The number of rotatable bonds is 5. The van der Waals surface area contributed by atoms with Gasteiger partial charge in [0, 0.05) is 25.0 Å². The van der Waals surface area contributed by atoms with Gasteiger partial charge in [-0.2, -0.15) is 14.5 Å². The van der Waals surface area contributed by atoms with E-state index in [1.807, 2.05) is 36.5 Å². The van der Waals surface area contributed by atoms with E-state index < -0.39 is 0 Å². The zero-order valence-electron chi connectivity index (χ0n) is 14.4. The van der Waals surface area contributed by atoms with Gasteiger partial charge in [-0.1, -0.05) is 29.8 Å². The number of halogens is 1. The van der Waals surface area contributed by atoms with Crippen molar-refractivity contribution < 1.29 is 4.74 Å². The van der Waals surface area contributed by atoms with Gasteiger partial charge in [0.05, 0.1) is 16.4 Å². The summed E-state index contributed by atoms with van der Waals surface area (Å²) >= 11 is 6.35. The van der Waals surface area contributed by atoms with Crippen molar-refractivity contribution in [2.45, 2.75) is 6.61 Å². The van der Waals surface area contributed by atoms with E-state index in [-0.39, 0.29) is 12.3 Å². The third kappa shape index (κ3) is 3.34. The van der Waals surface area contributed by atoms with Gasteiger partial charge < -0.3 is 4.74 Å². The van der Waals surface area contributed by atoms with Crippen LogP contribution in [0.4, 0.5) is 0 Å². The summed E-state index contributed by atoms with van der Waals surface area (Å²) < 4.78 is 9.99. The summed E-state index contributed by atoms with van der Waals surface area (Å²) in [6.45, 7) is 0.222. The standard InChI is InChI=1S/C18H15ClN6O2/c1-23-18(26)25(22-21-23)16-6-3-2-5-13(16)12-27-17-8-7-14(11-15(17)19)24-10-4-9-20-24/h2-11H,12H2,1H3. The van der Waals surface area contributed by atoms with E-state index in [0.717, 1.165) is 11.3 Å². The summed E-state index contributed by atoms with van der Waals surface area (Å²) in [7, 11) is 1.55. The molecule has 0 fully saturated rings. The van der Waals surface area contributed by atoms with Crippen molar-refractivity contribution in [3.63, 3.8) is 0 Å². The van der Waals surface area contributed by atoms with Crippen molar-refractivity contribution in [3.05, 3.63) is 82.0 Å². The quantitative estimate of drug-likeness (QED) is 0.529. The molecule has 0 unspecified atom stereocenters. The van der Waals surface area contributed by atoms with Crippen molar-refractivity contribution in [2.75, 3.05) is 0 Å². The predicted octanol–water partition coefficient (Wildman–Crippen LogP) is 2.38. The Balaban J connectivity index is 1.58. The fourth-order valence-electron chi connectivity index (χ4n) is 2.63. The van der Waals surface area contributed by atoms with Crippen LogP contribution in [-0.2, 0) is 13.7 Å². The van der Waals surface area contributed by atoms with Crippen LogP contribution in [0, 0.1) is 0 Å². The van der Waals surface area contributed by atoms with Crippen LogP contribution in [0.15, 0.2) is 65.7 Å². The Kier molecular flexibility index (Phi) is 4.47. The highest BCUT2D eigenvalue weighted by Crippen LogP contribution is 2.28. The Morgan fingerprint density at radius 3 is 2.67 bits per heavy atom. The minimum Gasteiger partial charge on any atom is -0.487 e. The van der Waals surface area contributed by atoms with Crippen molar-refractivity contribution >= 4 is 11.6 Å². The van der Waals surface area contributed by atoms with Crippen molar-refractivity contribution in [1.82, 2.24) is 29.6 Å². The van der Waals surface area contributed by atoms with E-state index in [1.54, 1.807) is 36.1 Å². The van der Waals surface area contributed by atoms with Crippen LogP contribution in [0.25, 0.3) is 11.4 Å². The SMILES string of the molecule is Cn1nnn(-c2ccccc2COc2ccc(-n3cccn3)cc2Cl)c1=O. The molecule has 27 heavy (non-hydrogen) atoms. The second-order valence-electron chi connectivity index (χ2n) is 5.78. The van der Waals surface area contributed by atoms with E-state index >= 15 is 0 Å². The molecule has 4 aromatic rings. The molecular formula is C18H15ClN6O2. The van der Waals surface area contributed by atoms with Crippen molar-refractivity contribution in [3.8, 4) is 17.1 Å². The zero-order valence-corrected chi connectivity index (χ0v) is 15.1. The molecule has 0 aliphatic rings. The first-order valence-electron chi connectivity index (χ1n) is 8.13. The maximum atomic E-state index is 12.1.